The number of aromatic amines is 1. The number of amides is 1. The summed E-state index contributed by atoms with van der Waals surface area (Å²) in [5, 5.41) is 12.9. The molecule has 0 bridgehead atoms. The van der Waals surface area contributed by atoms with Gasteiger partial charge < -0.3 is 20.1 Å². The van der Waals surface area contributed by atoms with Crippen LogP contribution in [0.2, 0.25) is 0 Å². The lowest BCUT2D eigenvalue weighted by Gasteiger charge is -2.17. The summed E-state index contributed by atoms with van der Waals surface area (Å²) in [7, 11) is 0. The summed E-state index contributed by atoms with van der Waals surface area (Å²) in [4.78, 5) is 26.4. The number of benzene rings is 1. The van der Waals surface area contributed by atoms with Crippen LogP contribution in [0.15, 0.2) is 18.2 Å². The van der Waals surface area contributed by atoms with Crippen molar-refractivity contribution in [2.24, 2.45) is 5.41 Å². The molecule has 0 aliphatic rings. The van der Waals surface area contributed by atoms with E-state index in [0.717, 1.165) is 5.39 Å². The first kappa shape index (κ1) is 16.9. The first-order valence-electron chi connectivity index (χ1n) is 7.53. The Morgan fingerprint density at radius 2 is 2.00 bits per heavy atom. The Bertz CT molecular complexity index is 741. The van der Waals surface area contributed by atoms with Crippen LogP contribution in [0.3, 0.4) is 0 Å². The Balaban J connectivity index is 2.41. The number of carboxylic acids is 1. The van der Waals surface area contributed by atoms with E-state index in [0.29, 0.717) is 23.4 Å². The van der Waals surface area contributed by atoms with Gasteiger partial charge in [-0.3, -0.25) is 4.79 Å². The fourth-order valence-corrected chi connectivity index (χ4v) is 2.28. The van der Waals surface area contributed by atoms with E-state index in [-0.39, 0.29) is 18.1 Å². The van der Waals surface area contributed by atoms with Crippen molar-refractivity contribution < 1.29 is 19.4 Å². The molecular weight excluding hydrogens is 296 g/mol. The van der Waals surface area contributed by atoms with Gasteiger partial charge in [0, 0.05) is 28.4 Å². The monoisotopic (exact) mass is 318 g/mol. The first-order valence-corrected chi connectivity index (χ1v) is 7.53. The number of aromatic nitrogens is 1. The standard InChI is InChI=1S/C17H22N2O4/c1-5-23-10-6-7-13-11(8-10)12(14(19-13)15(20)21)9-18-16(22)17(2,3)4/h6-8,19H,5,9H2,1-4H3,(H,18,22)(H,20,21). The largest absolute Gasteiger partial charge is 0.494 e. The maximum Gasteiger partial charge on any atom is 0.352 e. The molecule has 0 aliphatic heterocycles. The van der Waals surface area contributed by atoms with E-state index in [1.165, 1.54) is 0 Å². The maximum absolute atomic E-state index is 12.1. The number of fused-ring (bicyclic) bond motifs is 1. The molecule has 1 aromatic carbocycles. The van der Waals surface area contributed by atoms with Gasteiger partial charge in [0.25, 0.3) is 0 Å². The molecule has 23 heavy (non-hydrogen) atoms. The van der Waals surface area contributed by atoms with E-state index in [4.69, 9.17) is 4.74 Å². The van der Waals surface area contributed by atoms with Gasteiger partial charge in [-0.1, -0.05) is 20.8 Å². The van der Waals surface area contributed by atoms with Gasteiger partial charge in [0.1, 0.15) is 11.4 Å². The molecule has 0 unspecified atom stereocenters. The van der Waals surface area contributed by atoms with Gasteiger partial charge in [-0.15, -0.1) is 0 Å². The number of nitrogens with one attached hydrogen (secondary N) is 2. The van der Waals surface area contributed by atoms with Crippen molar-refractivity contribution in [1.29, 1.82) is 0 Å². The van der Waals surface area contributed by atoms with E-state index in [2.05, 4.69) is 10.3 Å². The van der Waals surface area contributed by atoms with Crippen molar-refractivity contribution in [1.82, 2.24) is 10.3 Å². The first-order chi connectivity index (χ1) is 10.7. The summed E-state index contributed by atoms with van der Waals surface area (Å²) in [6, 6.07) is 5.35. The molecule has 0 radical (unpaired) electrons. The van der Waals surface area contributed by atoms with Crippen LogP contribution in [0.4, 0.5) is 0 Å². The van der Waals surface area contributed by atoms with Crippen molar-refractivity contribution in [3.63, 3.8) is 0 Å². The van der Waals surface area contributed by atoms with Gasteiger partial charge in [0.2, 0.25) is 5.91 Å². The molecule has 3 N–H and O–H groups in total. The minimum Gasteiger partial charge on any atom is -0.494 e. The van der Waals surface area contributed by atoms with E-state index in [9.17, 15) is 14.7 Å². The van der Waals surface area contributed by atoms with Crippen LogP contribution in [0.5, 0.6) is 5.75 Å². The molecule has 2 aromatic rings. The van der Waals surface area contributed by atoms with Gasteiger partial charge in [0.15, 0.2) is 0 Å². The molecule has 0 saturated carbocycles. The van der Waals surface area contributed by atoms with Crippen LogP contribution in [-0.4, -0.2) is 28.6 Å². The zero-order chi connectivity index (χ0) is 17.2. The number of carboxylic acid groups (broad SMARTS) is 1. The third kappa shape index (κ3) is 3.64. The normalized spacial score (nSPS) is 11.5. The molecule has 0 fully saturated rings. The van der Waals surface area contributed by atoms with Gasteiger partial charge in [-0.05, 0) is 25.1 Å². The van der Waals surface area contributed by atoms with Gasteiger partial charge >= 0.3 is 5.97 Å². The predicted octanol–water partition coefficient (Wildman–Crippen LogP) is 2.93. The van der Waals surface area contributed by atoms with Crippen LogP contribution < -0.4 is 10.1 Å². The molecule has 0 saturated heterocycles. The molecule has 1 amide bonds. The van der Waals surface area contributed by atoms with Gasteiger partial charge in [-0.2, -0.15) is 0 Å². The summed E-state index contributed by atoms with van der Waals surface area (Å²) < 4.78 is 5.47. The minimum absolute atomic E-state index is 0.0860. The molecular formula is C17H22N2O4. The average molecular weight is 318 g/mol. The summed E-state index contributed by atoms with van der Waals surface area (Å²) in [5.41, 5.74) is 0.798. The van der Waals surface area contributed by atoms with Crippen LogP contribution >= 0.6 is 0 Å². The summed E-state index contributed by atoms with van der Waals surface area (Å²) in [5.74, 6) is -0.525. The zero-order valence-corrected chi connectivity index (χ0v) is 13.8. The Labute approximate surface area is 134 Å². The van der Waals surface area contributed by atoms with Crippen LogP contribution in [0, 0.1) is 5.41 Å². The molecule has 124 valence electrons. The van der Waals surface area contributed by atoms with Crippen molar-refractivity contribution in [3.8, 4) is 5.75 Å². The van der Waals surface area contributed by atoms with Crippen LogP contribution in [0.25, 0.3) is 10.9 Å². The highest BCUT2D eigenvalue weighted by Gasteiger charge is 2.23. The maximum atomic E-state index is 12.1. The fourth-order valence-electron chi connectivity index (χ4n) is 2.28. The van der Waals surface area contributed by atoms with E-state index in [1.807, 2.05) is 27.7 Å². The summed E-state index contributed by atoms with van der Waals surface area (Å²) in [6.45, 7) is 7.98. The third-order valence-corrected chi connectivity index (χ3v) is 3.51. The molecule has 0 spiro atoms. The number of aromatic carboxylic acids is 1. The SMILES string of the molecule is CCOc1ccc2[nH]c(C(=O)O)c(CNC(=O)C(C)(C)C)c2c1. The number of hydrogen-bond donors (Lipinski definition) is 3. The summed E-state index contributed by atoms with van der Waals surface area (Å²) in [6.07, 6.45) is 0. The highest BCUT2D eigenvalue weighted by molar-refractivity contribution is 5.98. The molecule has 1 aromatic heterocycles. The predicted molar refractivity (Wildman–Crippen MR) is 87.7 cm³/mol. The minimum atomic E-state index is -1.06. The summed E-state index contributed by atoms with van der Waals surface area (Å²) >= 11 is 0. The number of rotatable bonds is 5. The number of carbonyl (C=O) groups is 2. The Kier molecular flexibility index (Phi) is 4.63. The quantitative estimate of drug-likeness (QED) is 0.790. The topological polar surface area (TPSA) is 91.4 Å². The van der Waals surface area contributed by atoms with E-state index in [1.54, 1.807) is 18.2 Å². The fraction of sp³-hybridized carbons (Fsp3) is 0.412. The van der Waals surface area contributed by atoms with E-state index >= 15 is 0 Å². The lowest BCUT2D eigenvalue weighted by Crippen LogP contribution is -2.34. The number of H-pyrrole nitrogens is 1. The van der Waals surface area contributed by atoms with Gasteiger partial charge in [0.05, 0.1) is 6.61 Å². The van der Waals surface area contributed by atoms with Crippen molar-refractivity contribution in [2.75, 3.05) is 6.61 Å². The zero-order valence-electron chi connectivity index (χ0n) is 13.8. The Morgan fingerprint density at radius 3 is 2.57 bits per heavy atom. The lowest BCUT2D eigenvalue weighted by atomic mass is 9.95. The lowest BCUT2D eigenvalue weighted by molar-refractivity contribution is -0.128. The average Bonchev–Trinajstić information content (AvgIpc) is 2.82. The second-order valence-electron chi connectivity index (χ2n) is 6.36. The molecule has 0 atom stereocenters. The molecule has 6 nitrogen and oxygen atoms in total. The molecule has 6 heteroatoms. The van der Waals surface area contributed by atoms with Gasteiger partial charge in [-0.25, -0.2) is 4.79 Å². The third-order valence-electron chi connectivity index (χ3n) is 3.51. The second kappa shape index (κ2) is 6.32. The number of hydrogen-bond acceptors (Lipinski definition) is 3. The molecule has 2 rings (SSSR count). The molecule has 0 aliphatic carbocycles. The molecule has 1 heterocycles. The van der Waals surface area contributed by atoms with E-state index < -0.39 is 11.4 Å². The van der Waals surface area contributed by atoms with Crippen LogP contribution in [0.1, 0.15) is 43.7 Å². The second-order valence-corrected chi connectivity index (χ2v) is 6.36. The van der Waals surface area contributed by atoms with Crippen molar-refractivity contribution in [2.45, 2.75) is 34.2 Å². The Hall–Kier alpha value is -2.50. The number of ether oxygens (including phenoxy) is 1. The van der Waals surface area contributed by atoms with Crippen molar-refractivity contribution >= 4 is 22.8 Å². The number of carbonyl (C=O) groups excluding carboxylic acids is 1. The highest BCUT2D eigenvalue weighted by atomic mass is 16.5. The smallest absolute Gasteiger partial charge is 0.352 e. The Morgan fingerprint density at radius 1 is 1.30 bits per heavy atom. The highest BCUT2D eigenvalue weighted by Crippen LogP contribution is 2.27. The van der Waals surface area contributed by atoms with Crippen molar-refractivity contribution in [3.05, 3.63) is 29.5 Å². The van der Waals surface area contributed by atoms with Crippen LogP contribution in [-0.2, 0) is 11.3 Å².